The van der Waals surface area contributed by atoms with Crippen LogP contribution in [0.15, 0.2) is 12.3 Å². The normalized spacial score (nSPS) is 10.9. The third kappa shape index (κ3) is 3.76. The van der Waals surface area contributed by atoms with Crippen molar-refractivity contribution in [1.82, 2.24) is 19.6 Å². The number of halogens is 2. The molecule has 2 heterocycles. The van der Waals surface area contributed by atoms with Gasteiger partial charge in [-0.2, -0.15) is 10.2 Å². The number of nitrogens with zero attached hydrogens (tertiary/aromatic N) is 4. The molecule has 0 saturated carbocycles. The third-order valence-electron chi connectivity index (χ3n) is 3.21. The summed E-state index contributed by atoms with van der Waals surface area (Å²) in [6.07, 6.45) is -1.43. The van der Waals surface area contributed by atoms with Gasteiger partial charge in [-0.1, -0.05) is 0 Å². The zero-order chi connectivity index (χ0) is 17.9. The van der Waals surface area contributed by atoms with Crippen LogP contribution in [0.1, 0.15) is 35.1 Å². The van der Waals surface area contributed by atoms with Crippen molar-refractivity contribution in [3.05, 3.63) is 29.2 Å². The highest BCUT2D eigenvalue weighted by Gasteiger charge is 2.20. The summed E-state index contributed by atoms with van der Waals surface area (Å²) in [6.45, 7) is 3.14. The van der Waals surface area contributed by atoms with E-state index in [9.17, 15) is 18.4 Å². The lowest BCUT2D eigenvalue weighted by Gasteiger charge is -2.09. The number of nitrogens with one attached hydrogen (secondary N) is 1. The number of rotatable bonds is 6. The predicted octanol–water partition coefficient (Wildman–Crippen LogP) is 1.68. The van der Waals surface area contributed by atoms with Crippen molar-refractivity contribution in [2.24, 2.45) is 7.05 Å². The van der Waals surface area contributed by atoms with Gasteiger partial charge in [0.25, 0.3) is 6.43 Å². The molecule has 130 valence electrons. The van der Waals surface area contributed by atoms with Crippen molar-refractivity contribution < 1.29 is 23.1 Å². The summed E-state index contributed by atoms with van der Waals surface area (Å²) < 4.78 is 32.6. The van der Waals surface area contributed by atoms with E-state index in [0.717, 1.165) is 4.68 Å². The molecule has 2 aromatic rings. The Labute approximate surface area is 136 Å². The number of alkyl halides is 2. The maximum absolute atomic E-state index is 12.6. The summed E-state index contributed by atoms with van der Waals surface area (Å²) in [7, 11) is 1.55. The first-order valence-corrected chi connectivity index (χ1v) is 7.15. The van der Waals surface area contributed by atoms with Crippen LogP contribution in [0.2, 0.25) is 0 Å². The Hall–Kier alpha value is -2.78. The molecular formula is C14H17F2N5O3. The number of amides is 1. The first-order valence-electron chi connectivity index (χ1n) is 7.15. The second-order valence-electron chi connectivity index (χ2n) is 4.97. The largest absolute Gasteiger partial charge is 0.462 e. The highest BCUT2D eigenvalue weighted by molar-refractivity contribution is 6.00. The summed E-state index contributed by atoms with van der Waals surface area (Å²) in [6, 6.07) is 1.21. The number of carbonyl (C=O) groups is 2. The Kier molecular flexibility index (Phi) is 5.27. The first kappa shape index (κ1) is 17.6. The van der Waals surface area contributed by atoms with Crippen LogP contribution in [0, 0.1) is 6.92 Å². The molecule has 0 aromatic carbocycles. The average molecular weight is 341 g/mol. The van der Waals surface area contributed by atoms with Gasteiger partial charge < -0.3 is 10.1 Å². The molecule has 1 N–H and O–H groups in total. The lowest BCUT2D eigenvalue weighted by Crippen LogP contribution is -2.23. The number of esters is 1. The molecule has 0 aliphatic rings. The Bertz CT molecular complexity index is 754. The van der Waals surface area contributed by atoms with Crippen molar-refractivity contribution >= 4 is 17.7 Å². The lowest BCUT2D eigenvalue weighted by molar-refractivity contribution is -0.117. The fraction of sp³-hybridized carbons (Fsp3) is 0.429. The van der Waals surface area contributed by atoms with E-state index >= 15 is 0 Å². The van der Waals surface area contributed by atoms with Gasteiger partial charge in [0, 0.05) is 12.7 Å². The van der Waals surface area contributed by atoms with E-state index in [2.05, 4.69) is 15.5 Å². The van der Waals surface area contributed by atoms with Crippen LogP contribution in [0.25, 0.3) is 0 Å². The fourth-order valence-corrected chi connectivity index (χ4v) is 2.05. The van der Waals surface area contributed by atoms with Crippen molar-refractivity contribution in [3.8, 4) is 0 Å². The second-order valence-corrected chi connectivity index (χ2v) is 4.97. The van der Waals surface area contributed by atoms with Crippen LogP contribution in [0.3, 0.4) is 0 Å². The molecular weight excluding hydrogens is 324 g/mol. The third-order valence-corrected chi connectivity index (χ3v) is 3.21. The molecule has 2 aromatic heterocycles. The molecule has 0 atom stereocenters. The smallest absolute Gasteiger partial charge is 0.343 e. The van der Waals surface area contributed by atoms with E-state index in [-0.39, 0.29) is 24.5 Å². The first-order chi connectivity index (χ1) is 11.3. The molecule has 0 saturated heterocycles. The van der Waals surface area contributed by atoms with E-state index < -0.39 is 24.0 Å². The predicted molar refractivity (Wildman–Crippen MR) is 79.7 cm³/mol. The van der Waals surface area contributed by atoms with E-state index in [1.165, 1.54) is 16.9 Å². The number of anilines is 1. The van der Waals surface area contributed by atoms with Gasteiger partial charge >= 0.3 is 5.97 Å². The van der Waals surface area contributed by atoms with E-state index in [1.807, 2.05) is 0 Å². The van der Waals surface area contributed by atoms with Crippen molar-refractivity contribution in [2.45, 2.75) is 26.8 Å². The molecule has 10 heteroatoms. The number of ether oxygens (including phenoxy) is 1. The Morgan fingerprint density at radius 2 is 2.12 bits per heavy atom. The summed E-state index contributed by atoms with van der Waals surface area (Å²) in [5, 5.41) is 10.1. The fourth-order valence-electron chi connectivity index (χ4n) is 2.05. The highest BCUT2D eigenvalue weighted by atomic mass is 19.3. The minimum absolute atomic E-state index is 0.109. The van der Waals surface area contributed by atoms with Crippen LogP contribution < -0.4 is 5.32 Å². The monoisotopic (exact) mass is 341 g/mol. The van der Waals surface area contributed by atoms with Gasteiger partial charge in [-0.25, -0.2) is 13.6 Å². The molecule has 0 fully saturated rings. The average Bonchev–Trinajstić information content (AvgIpc) is 3.04. The van der Waals surface area contributed by atoms with Crippen LogP contribution in [0.5, 0.6) is 0 Å². The van der Waals surface area contributed by atoms with Crippen LogP contribution in [0.4, 0.5) is 14.6 Å². The molecule has 0 spiro atoms. The maximum Gasteiger partial charge on any atom is 0.343 e. The Balaban J connectivity index is 2.13. The maximum atomic E-state index is 12.6. The van der Waals surface area contributed by atoms with Gasteiger partial charge in [-0.3, -0.25) is 14.2 Å². The quantitative estimate of drug-likeness (QED) is 0.807. The SMILES string of the molecule is CCOC(=O)c1cnn(C)c1NC(=O)Cn1nc(C(F)F)cc1C. The summed E-state index contributed by atoms with van der Waals surface area (Å²) in [4.78, 5) is 24.0. The van der Waals surface area contributed by atoms with Crippen LogP contribution >= 0.6 is 0 Å². The Morgan fingerprint density at radius 3 is 2.71 bits per heavy atom. The molecule has 0 aliphatic carbocycles. The number of hydrogen-bond acceptors (Lipinski definition) is 5. The van der Waals surface area contributed by atoms with Gasteiger partial charge in [0.2, 0.25) is 5.91 Å². The number of aromatic nitrogens is 4. The van der Waals surface area contributed by atoms with E-state index in [4.69, 9.17) is 4.74 Å². The number of carbonyl (C=O) groups excluding carboxylic acids is 2. The van der Waals surface area contributed by atoms with Gasteiger partial charge in [0.1, 0.15) is 23.6 Å². The second kappa shape index (κ2) is 7.20. The van der Waals surface area contributed by atoms with E-state index in [1.54, 1.807) is 20.9 Å². The van der Waals surface area contributed by atoms with Crippen LogP contribution in [-0.4, -0.2) is 38.0 Å². The molecule has 0 radical (unpaired) electrons. The summed E-state index contributed by atoms with van der Waals surface area (Å²) in [5.41, 5.74) is 0.141. The minimum Gasteiger partial charge on any atom is -0.462 e. The van der Waals surface area contributed by atoms with E-state index in [0.29, 0.717) is 5.69 Å². The molecule has 0 unspecified atom stereocenters. The summed E-state index contributed by atoms with van der Waals surface area (Å²) >= 11 is 0. The zero-order valence-corrected chi connectivity index (χ0v) is 13.4. The molecule has 8 nitrogen and oxygen atoms in total. The standard InChI is InChI=1S/C14H17F2N5O3/c1-4-24-14(23)9-6-17-20(3)13(9)18-11(22)7-21-8(2)5-10(19-21)12(15)16/h5-6,12H,4,7H2,1-3H3,(H,18,22). The molecule has 2 rings (SSSR count). The molecule has 1 amide bonds. The summed E-state index contributed by atoms with van der Waals surface area (Å²) in [5.74, 6) is -0.982. The van der Waals surface area contributed by atoms with Gasteiger partial charge in [0.05, 0.1) is 12.8 Å². The van der Waals surface area contributed by atoms with Gasteiger partial charge in [0.15, 0.2) is 0 Å². The topological polar surface area (TPSA) is 91.0 Å². The van der Waals surface area contributed by atoms with Gasteiger partial charge in [-0.15, -0.1) is 0 Å². The lowest BCUT2D eigenvalue weighted by atomic mass is 10.3. The number of aryl methyl sites for hydroxylation is 2. The Morgan fingerprint density at radius 1 is 1.42 bits per heavy atom. The number of hydrogen-bond donors (Lipinski definition) is 1. The molecule has 0 bridgehead atoms. The highest BCUT2D eigenvalue weighted by Crippen LogP contribution is 2.18. The van der Waals surface area contributed by atoms with Gasteiger partial charge in [-0.05, 0) is 19.9 Å². The van der Waals surface area contributed by atoms with Crippen molar-refractivity contribution in [3.63, 3.8) is 0 Å². The van der Waals surface area contributed by atoms with Crippen molar-refractivity contribution in [2.75, 3.05) is 11.9 Å². The zero-order valence-electron chi connectivity index (χ0n) is 13.4. The molecule has 24 heavy (non-hydrogen) atoms. The minimum atomic E-state index is -2.71. The molecule has 0 aliphatic heterocycles. The van der Waals surface area contributed by atoms with Crippen molar-refractivity contribution in [1.29, 1.82) is 0 Å². The van der Waals surface area contributed by atoms with Crippen LogP contribution in [-0.2, 0) is 23.1 Å².